The molecular weight excluding hydrogens is 300 g/mol. The van der Waals surface area contributed by atoms with E-state index in [1.165, 1.54) is 19.3 Å². The van der Waals surface area contributed by atoms with Crippen LogP contribution in [0, 0.1) is 11.3 Å². The molecule has 1 saturated heterocycles. The van der Waals surface area contributed by atoms with Crippen LogP contribution in [-0.4, -0.2) is 18.0 Å². The summed E-state index contributed by atoms with van der Waals surface area (Å²) in [4.78, 5) is 2.24. The molecule has 1 unspecified atom stereocenters. The van der Waals surface area contributed by atoms with Gasteiger partial charge in [0.2, 0.25) is 0 Å². The lowest BCUT2D eigenvalue weighted by atomic mass is 10.0. The quantitative estimate of drug-likeness (QED) is 0.820. The van der Waals surface area contributed by atoms with Crippen molar-refractivity contribution in [2.24, 2.45) is 0 Å². The topological polar surface area (TPSA) is 27.0 Å². The summed E-state index contributed by atoms with van der Waals surface area (Å²) in [6.45, 7) is 1.99. The van der Waals surface area contributed by atoms with Crippen molar-refractivity contribution in [1.29, 1.82) is 5.26 Å². The van der Waals surface area contributed by atoms with Gasteiger partial charge in [-0.15, -0.1) is 0 Å². The fraction of sp³-hybridized carbons (Fsp3) is 0.462. The molecule has 0 radical (unpaired) electrons. The molecule has 2 nitrogen and oxygen atoms in total. The summed E-state index contributed by atoms with van der Waals surface area (Å²) in [7, 11) is 0. The normalized spacial score (nSPS) is 18.6. The van der Waals surface area contributed by atoms with Crippen LogP contribution in [0.1, 0.15) is 30.9 Å². The van der Waals surface area contributed by atoms with Crippen LogP contribution in [0.2, 0.25) is 5.02 Å². The Labute approximate surface area is 115 Å². The molecule has 90 valence electrons. The Kier molecular flexibility index (Phi) is 4.44. The van der Waals surface area contributed by atoms with Gasteiger partial charge in [0.05, 0.1) is 6.07 Å². The fourth-order valence-electron chi connectivity index (χ4n) is 2.25. The first kappa shape index (κ1) is 12.9. The van der Waals surface area contributed by atoms with Gasteiger partial charge < -0.3 is 0 Å². The largest absolute Gasteiger partial charge is 0.284 e. The van der Waals surface area contributed by atoms with E-state index in [4.69, 9.17) is 11.6 Å². The van der Waals surface area contributed by atoms with Gasteiger partial charge in [0.1, 0.15) is 6.04 Å². The molecule has 0 aromatic heterocycles. The number of nitrogens with zero attached hydrogens (tertiary/aromatic N) is 2. The third-order valence-electron chi connectivity index (χ3n) is 3.13. The summed E-state index contributed by atoms with van der Waals surface area (Å²) in [6.07, 6.45) is 3.62. The van der Waals surface area contributed by atoms with Crippen LogP contribution < -0.4 is 0 Å². The van der Waals surface area contributed by atoms with Crippen molar-refractivity contribution in [3.63, 3.8) is 0 Å². The maximum absolute atomic E-state index is 9.39. The molecule has 1 aliphatic rings. The van der Waals surface area contributed by atoms with E-state index in [0.29, 0.717) is 5.02 Å². The monoisotopic (exact) mass is 312 g/mol. The first-order valence-electron chi connectivity index (χ1n) is 5.81. The van der Waals surface area contributed by atoms with E-state index in [-0.39, 0.29) is 6.04 Å². The molecule has 0 amide bonds. The molecule has 4 heteroatoms. The van der Waals surface area contributed by atoms with Gasteiger partial charge in [0, 0.05) is 9.50 Å². The number of rotatable bonds is 2. The average Bonchev–Trinajstić information content (AvgIpc) is 2.36. The van der Waals surface area contributed by atoms with Crippen molar-refractivity contribution in [1.82, 2.24) is 4.90 Å². The summed E-state index contributed by atoms with van der Waals surface area (Å²) in [5.41, 5.74) is 0.974. The molecule has 1 aliphatic heterocycles. The Morgan fingerprint density at radius 3 is 2.65 bits per heavy atom. The Hall–Kier alpha value is -0.560. The summed E-state index contributed by atoms with van der Waals surface area (Å²) in [6, 6.07) is 7.83. The van der Waals surface area contributed by atoms with E-state index in [0.717, 1.165) is 23.1 Å². The molecule has 1 atom stereocenters. The zero-order valence-corrected chi connectivity index (χ0v) is 11.8. The van der Waals surface area contributed by atoms with Crippen LogP contribution in [0.25, 0.3) is 0 Å². The lowest BCUT2D eigenvalue weighted by Gasteiger charge is -2.31. The second-order valence-corrected chi connectivity index (χ2v) is 5.58. The SMILES string of the molecule is N#CC(c1cc(Cl)ccc1Br)N1CCCCC1. The van der Waals surface area contributed by atoms with Gasteiger partial charge in [-0.3, -0.25) is 4.90 Å². The van der Waals surface area contributed by atoms with Gasteiger partial charge in [0.15, 0.2) is 0 Å². The molecule has 0 bridgehead atoms. The van der Waals surface area contributed by atoms with E-state index in [1.807, 2.05) is 18.2 Å². The van der Waals surface area contributed by atoms with Crippen LogP contribution in [0.4, 0.5) is 0 Å². The van der Waals surface area contributed by atoms with Crippen molar-refractivity contribution in [3.05, 3.63) is 33.3 Å². The van der Waals surface area contributed by atoms with Crippen molar-refractivity contribution < 1.29 is 0 Å². The van der Waals surface area contributed by atoms with Crippen molar-refractivity contribution in [2.45, 2.75) is 25.3 Å². The summed E-state index contributed by atoms with van der Waals surface area (Å²) in [5, 5.41) is 10.1. The lowest BCUT2D eigenvalue weighted by molar-refractivity contribution is 0.195. The lowest BCUT2D eigenvalue weighted by Crippen LogP contribution is -2.33. The number of nitriles is 1. The molecule has 1 aromatic rings. The smallest absolute Gasteiger partial charge is 0.125 e. The highest BCUT2D eigenvalue weighted by atomic mass is 79.9. The van der Waals surface area contributed by atoms with Gasteiger partial charge in [-0.25, -0.2) is 0 Å². The highest BCUT2D eigenvalue weighted by Crippen LogP contribution is 2.31. The molecule has 0 saturated carbocycles. The number of likely N-dealkylation sites (tertiary alicyclic amines) is 1. The molecule has 0 N–H and O–H groups in total. The first-order valence-corrected chi connectivity index (χ1v) is 6.98. The summed E-state index contributed by atoms with van der Waals surface area (Å²) < 4.78 is 0.957. The maximum Gasteiger partial charge on any atom is 0.125 e. The Bertz CT molecular complexity index is 436. The van der Waals surface area contributed by atoms with Gasteiger partial charge in [-0.2, -0.15) is 5.26 Å². The van der Waals surface area contributed by atoms with E-state index in [1.54, 1.807) is 0 Å². The maximum atomic E-state index is 9.39. The second kappa shape index (κ2) is 5.86. The number of hydrogen-bond donors (Lipinski definition) is 0. The van der Waals surface area contributed by atoms with Crippen molar-refractivity contribution >= 4 is 27.5 Å². The molecule has 2 rings (SSSR count). The van der Waals surface area contributed by atoms with Gasteiger partial charge in [-0.1, -0.05) is 34.0 Å². The van der Waals surface area contributed by atoms with E-state index in [2.05, 4.69) is 26.9 Å². The zero-order chi connectivity index (χ0) is 12.3. The Balaban J connectivity index is 2.28. The van der Waals surface area contributed by atoms with Gasteiger partial charge in [0.25, 0.3) is 0 Å². The van der Waals surface area contributed by atoms with E-state index < -0.39 is 0 Å². The van der Waals surface area contributed by atoms with E-state index >= 15 is 0 Å². The minimum absolute atomic E-state index is 0.191. The highest BCUT2D eigenvalue weighted by Gasteiger charge is 2.23. The summed E-state index contributed by atoms with van der Waals surface area (Å²) >= 11 is 9.51. The van der Waals surface area contributed by atoms with Crippen LogP contribution in [0.3, 0.4) is 0 Å². The molecule has 0 spiro atoms. The molecule has 0 aliphatic carbocycles. The van der Waals surface area contributed by atoms with E-state index in [9.17, 15) is 5.26 Å². The predicted octanol–water partition coefficient (Wildman–Crippen LogP) is 4.15. The fourth-order valence-corrected chi connectivity index (χ4v) is 2.89. The van der Waals surface area contributed by atoms with Crippen LogP contribution in [0.5, 0.6) is 0 Å². The van der Waals surface area contributed by atoms with Crippen LogP contribution >= 0.6 is 27.5 Å². The van der Waals surface area contributed by atoms with Crippen molar-refractivity contribution in [2.75, 3.05) is 13.1 Å². The molecular formula is C13H14BrClN2. The molecule has 1 fully saturated rings. The third kappa shape index (κ3) is 3.01. The molecule has 17 heavy (non-hydrogen) atoms. The Morgan fingerprint density at radius 1 is 1.29 bits per heavy atom. The minimum atomic E-state index is -0.191. The second-order valence-electron chi connectivity index (χ2n) is 4.29. The number of halogens is 2. The molecule has 1 aromatic carbocycles. The summed E-state index contributed by atoms with van der Waals surface area (Å²) in [5.74, 6) is 0. The first-order chi connectivity index (χ1) is 8.22. The zero-order valence-electron chi connectivity index (χ0n) is 9.50. The standard InChI is InChI=1S/C13H14BrClN2/c14-12-5-4-10(15)8-11(12)13(9-16)17-6-2-1-3-7-17/h4-5,8,13H,1-3,6-7H2. The van der Waals surface area contributed by atoms with Crippen LogP contribution in [0.15, 0.2) is 22.7 Å². The van der Waals surface area contributed by atoms with Crippen LogP contribution in [-0.2, 0) is 0 Å². The minimum Gasteiger partial charge on any atom is -0.284 e. The van der Waals surface area contributed by atoms with Gasteiger partial charge >= 0.3 is 0 Å². The highest BCUT2D eigenvalue weighted by molar-refractivity contribution is 9.10. The third-order valence-corrected chi connectivity index (χ3v) is 4.09. The average molecular weight is 314 g/mol. The Morgan fingerprint density at radius 2 is 2.00 bits per heavy atom. The number of hydrogen-bond acceptors (Lipinski definition) is 2. The molecule has 1 heterocycles. The number of benzene rings is 1. The van der Waals surface area contributed by atoms with Crippen molar-refractivity contribution in [3.8, 4) is 6.07 Å². The van der Waals surface area contributed by atoms with Gasteiger partial charge in [-0.05, 0) is 49.7 Å². The number of piperidine rings is 1. The predicted molar refractivity (Wildman–Crippen MR) is 72.9 cm³/mol.